The first-order valence-electron chi connectivity index (χ1n) is 11.5. The molecule has 40 heavy (non-hydrogen) atoms. The summed E-state index contributed by atoms with van der Waals surface area (Å²) < 4.78 is 51.7. The Morgan fingerprint density at radius 1 is 1.30 bits per heavy atom. The van der Waals surface area contributed by atoms with Gasteiger partial charge in [-0.15, -0.1) is 0 Å². The van der Waals surface area contributed by atoms with E-state index in [1.54, 1.807) is 0 Å². The molecule has 4 rings (SSSR count). The van der Waals surface area contributed by atoms with E-state index >= 15 is 0 Å². The fourth-order valence-corrected chi connectivity index (χ4v) is 8.25. The van der Waals surface area contributed by atoms with Gasteiger partial charge >= 0.3 is 14.5 Å². The minimum atomic E-state index is -5.30. The molecule has 3 fully saturated rings. The van der Waals surface area contributed by atoms with Crippen molar-refractivity contribution < 1.29 is 62.0 Å². The van der Waals surface area contributed by atoms with Crippen molar-refractivity contribution in [1.29, 1.82) is 0 Å². The first-order valence-corrected chi connectivity index (χ1v) is 16.0. The maximum Gasteiger partial charge on any atom is 0.481 e. The maximum absolute atomic E-state index is 14.0. The molecule has 1 aromatic heterocycles. The SMILES string of the molecule is Nc1ncnc(C(=S)[C@H]2C[C@H](N)[C@@H](COP(O)(=S)OP(=O)(O)OC3OC4(O)C3C(O)C(O)C4[C@@H](F)CO)O2)c1N. The van der Waals surface area contributed by atoms with Crippen LogP contribution < -0.4 is 17.2 Å². The smallest absolute Gasteiger partial charge is 0.394 e. The molecule has 1 aromatic rings. The molecule has 0 aromatic carbocycles. The van der Waals surface area contributed by atoms with Crippen molar-refractivity contribution in [3.63, 3.8) is 0 Å². The molecular formula is C18H28FN5O12P2S2. The van der Waals surface area contributed by atoms with Crippen LogP contribution in [0.15, 0.2) is 6.33 Å². The van der Waals surface area contributed by atoms with Gasteiger partial charge in [-0.25, -0.2) is 23.2 Å². The Hall–Kier alpha value is -0.900. The Bertz CT molecular complexity index is 1240. The molecule has 226 valence electrons. The molecule has 3 aliphatic rings. The fourth-order valence-electron chi connectivity index (χ4n) is 4.84. The average Bonchev–Trinajstić information content (AvgIpc) is 3.29. The third-order valence-corrected chi connectivity index (χ3v) is 10.8. The first kappa shape index (κ1) is 32.0. The Morgan fingerprint density at radius 2 is 1.98 bits per heavy atom. The van der Waals surface area contributed by atoms with Gasteiger partial charge in [-0.1, -0.05) is 12.2 Å². The number of aliphatic hydroxyl groups excluding tert-OH is 3. The molecule has 2 aliphatic heterocycles. The third kappa shape index (κ3) is 6.09. The second kappa shape index (κ2) is 11.6. The summed E-state index contributed by atoms with van der Waals surface area (Å²) in [4.78, 5) is 28.4. The van der Waals surface area contributed by atoms with Gasteiger partial charge in [0.05, 0.1) is 54.3 Å². The lowest BCUT2D eigenvalue weighted by Crippen LogP contribution is -2.64. The number of aliphatic hydroxyl groups is 4. The van der Waals surface area contributed by atoms with E-state index in [4.69, 9.17) is 64.9 Å². The number of nitrogens with two attached hydrogens (primary N) is 3. The molecule has 22 heteroatoms. The number of ether oxygens (including phenoxy) is 2. The summed E-state index contributed by atoms with van der Waals surface area (Å²) in [5.41, 5.74) is 17.9. The molecule has 12 atom stereocenters. The summed E-state index contributed by atoms with van der Waals surface area (Å²) in [6.07, 6.45) is -8.11. The number of phosphoric acid groups is 1. The van der Waals surface area contributed by atoms with Crippen LogP contribution in [0.3, 0.4) is 0 Å². The van der Waals surface area contributed by atoms with E-state index < -0.39 is 88.3 Å². The van der Waals surface area contributed by atoms with Crippen LogP contribution >= 0.6 is 26.8 Å². The van der Waals surface area contributed by atoms with E-state index in [9.17, 15) is 34.1 Å². The molecule has 8 unspecified atom stereocenters. The summed E-state index contributed by atoms with van der Waals surface area (Å²) >= 11 is 10.2. The number of rotatable bonds is 11. The minimum absolute atomic E-state index is 0.0236. The Kier molecular flexibility index (Phi) is 9.32. The number of hydrogen-bond donors (Lipinski definition) is 9. The first-order chi connectivity index (χ1) is 18.5. The molecule has 0 radical (unpaired) electrons. The number of nitrogen functional groups attached to an aromatic ring is 2. The highest BCUT2D eigenvalue weighted by Crippen LogP contribution is 2.64. The van der Waals surface area contributed by atoms with Crippen molar-refractivity contribution >= 4 is 54.9 Å². The highest BCUT2D eigenvalue weighted by atomic mass is 32.5. The number of alkyl halides is 1. The Labute approximate surface area is 236 Å². The largest absolute Gasteiger partial charge is 0.481 e. The van der Waals surface area contributed by atoms with Crippen molar-refractivity contribution in [2.45, 2.75) is 55.1 Å². The van der Waals surface area contributed by atoms with Gasteiger partial charge in [0.15, 0.2) is 17.9 Å². The zero-order valence-electron chi connectivity index (χ0n) is 20.2. The van der Waals surface area contributed by atoms with Gasteiger partial charge in [0.25, 0.3) is 0 Å². The Balaban J connectivity index is 1.32. The van der Waals surface area contributed by atoms with Gasteiger partial charge < -0.3 is 61.4 Å². The summed E-state index contributed by atoms with van der Waals surface area (Å²) in [5, 5.41) is 39.8. The van der Waals surface area contributed by atoms with Crippen LogP contribution in [0.25, 0.3) is 0 Å². The monoisotopic (exact) mass is 651 g/mol. The molecule has 1 aliphatic carbocycles. The molecule has 0 spiro atoms. The molecule has 2 saturated heterocycles. The molecule has 12 N–H and O–H groups in total. The van der Waals surface area contributed by atoms with E-state index in [0.717, 1.165) is 0 Å². The molecule has 17 nitrogen and oxygen atoms in total. The number of hydrogen-bond acceptors (Lipinski definition) is 17. The van der Waals surface area contributed by atoms with Crippen molar-refractivity contribution in [3.8, 4) is 0 Å². The highest BCUT2D eigenvalue weighted by molar-refractivity contribution is 8.08. The van der Waals surface area contributed by atoms with E-state index in [-0.39, 0.29) is 28.5 Å². The third-order valence-electron chi connectivity index (χ3n) is 6.79. The predicted molar refractivity (Wildman–Crippen MR) is 139 cm³/mol. The number of anilines is 2. The number of aromatic nitrogens is 2. The van der Waals surface area contributed by atoms with Gasteiger partial charge in [-0.2, -0.15) is 0 Å². The Morgan fingerprint density at radius 3 is 2.62 bits per heavy atom. The lowest BCUT2D eigenvalue weighted by Gasteiger charge is -2.49. The number of halogens is 1. The van der Waals surface area contributed by atoms with Crippen LogP contribution in [-0.2, 0) is 39.2 Å². The fraction of sp³-hybridized carbons (Fsp3) is 0.722. The number of thiocarbonyl (C=S) groups is 1. The lowest BCUT2D eigenvalue weighted by molar-refractivity contribution is -0.426. The van der Waals surface area contributed by atoms with Crippen LogP contribution in [0.2, 0.25) is 0 Å². The molecule has 3 heterocycles. The molecule has 0 amide bonds. The van der Waals surface area contributed by atoms with Gasteiger partial charge in [0.2, 0.25) is 0 Å². The highest BCUT2D eigenvalue weighted by Gasteiger charge is 2.73. The second-order valence-corrected chi connectivity index (χ2v) is 14.2. The van der Waals surface area contributed by atoms with Gasteiger partial charge in [0, 0.05) is 6.04 Å². The summed E-state index contributed by atoms with van der Waals surface area (Å²) in [5.74, 6) is -5.88. The lowest BCUT2D eigenvalue weighted by atomic mass is 9.87. The zero-order valence-corrected chi connectivity index (χ0v) is 23.7. The molecular weight excluding hydrogens is 623 g/mol. The van der Waals surface area contributed by atoms with Gasteiger partial charge in [-0.05, 0) is 18.2 Å². The topological polar surface area (TPSA) is 288 Å². The van der Waals surface area contributed by atoms with Crippen molar-refractivity contribution in [3.05, 3.63) is 12.0 Å². The minimum Gasteiger partial charge on any atom is -0.394 e. The number of fused-ring (bicyclic) bond motifs is 1. The number of phosphoric ester groups is 1. The molecule has 0 bridgehead atoms. The van der Waals surface area contributed by atoms with Gasteiger partial charge in [0.1, 0.15) is 23.9 Å². The van der Waals surface area contributed by atoms with Crippen LogP contribution in [0, 0.1) is 11.8 Å². The predicted octanol–water partition coefficient (Wildman–Crippen LogP) is -2.45. The van der Waals surface area contributed by atoms with Crippen molar-refractivity contribution in [2.75, 3.05) is 24.7 Å². The normalized spacial score (nSPS) is 39.1. The van der Waals surface area contributed by atoms with E-state index in [1.165, 1.54) is 6.33 Å². The summed E-state index contributed by atoms with van der Waals surface area (Å²) in [7, 11) is -5.30. The molecule has 1 saturated carbocycles. The van der Waals surface area contributed by atoms with Crippen molar-refractivity contribution in [2.24, 2.45) is 17.6 Å². The maximum atomic E-state index is 14.0. The average molecular weight is 652 g/mol. The van der Waals surface area contributed by atoms with Crippen LogP contribution in [0.1, 0.15) is 12.1 Å². The second-order valence-electron chi connectivity index (χ2n) is 9.34. The van der Waals surface area contributed by atoms with Crippen molar-refractivity contribution in [1.82, 2.24) is 9.97 Å². The quantitative estimate of drug-likeness (QED) is 0.0682. The van der Waals surface area contributed by atoms with Crippen LogP contribution in [0.5, 0.6) is 0 Å². The summed E-state index contributed by atoms with van der Waals surface area (Å²) in [6.45, 7) is -6.11. The van der Waals surface area contributed by atoms with E-state index in [2.05, 4.69) is 14.3 Å². The van der Waals surface area contributed by atoms with Crippen LogP contribution in [0.4, 0.5) is 15.9 Å². The van der Waals surface area contributed by atoms with E-state index in [0.29, 0.717) is 0 Å². The zero-order chi connectivity index (χ0) is 29.8. The van der Waals surface area contributed by atoms with Crippen LogP contribution in [-0.4, -0.2) is 107 Å². The number of nitrogens with zero attached hydrogens (tertiary/aromatic N) is 2. The summed E-state index contributed by atoms with van der Waals surface area (Å²) in [6, 6.07) is -0.682. The standard InChI is InChI=1S/C18H28FN5O12P2S2/c19-5(2-25)9-13(26)14(27)10-17(34-18(9,10)28)35-37(29,30)36-38(31,40)32-3-8-6(20)1-7(33-8)15(39)12-11(21)16(22)24-4-23-12/h4-10,13-14,17,25-28H,1-3,20-21H2,(H,29,30)(H,31,40)(H2,22,23,24)/t5-,6-,7+,8+,9?,10?,13?,14?,17?,18?,38?/m0/s1. The van der Waals surface area contributed by atoms with E-state index in [1.807, 2.05) is 0 Å². The van der Waals surface area contributed by atoms with Gasteiger partial charge in [-0.3, -0.25) is 4.52 Å².